The van der Waals surface area contributed by atoms with Crippen LogP contribution in [0.1, 0.15) is 361 Å². The summed E-state index contributed by atoms with van der Waals surface area (Å²) in [4.78, 5) is 25.5. The molecule has 76 heavy (non-hydrogen) atoms. The van der Waals surface area contributed by atoms with Crippen molar-refractivity contribution in [2.45, 2.75) is 373 Å². The maximum absolute atomic E-state index is 13.0. The van der Waals surface area contributed by atoms with Gasteiger partial charge in [0.15, 0.2) is 0 Å². The Morgan fingerprint density at radius 1 is 0.447 bits per heavy atom. The predicted molar refractivity (Wildman–Crippen MR) is 330 cm³/mol. The summed E-state index contributed by atoms with van der Waals surface area (Å²) in [6.45, 7) is 4.76. The van der Waals surface area contributed by atoms with Gasteiger partial charge in [-0.25, -0.2) is 0 Å². The molecule has 3 atom stereocenters. The predicted octanol–water partition coefficient (Wildman–Crippen LogP) is 20.7. The number of rotatable bonds is 64. The van der Waals surface area contributed by atoms with Crippen LogP contribution in [-0.2, 0) is 18.4 Å². The number of hydrogen-bond acceptors (Lipinski definition) is 6. The Bertz CT molecular complexity index is 1240. The molecule has 2 N–H and O–H groups in total. The zero-order valence-corrected chi connectivity index (χ0v) is 52.9. The van der Waals surface area contributed by atoms with E-state index in [0.717, 1.165) is 38.5 Å². The van der Waals surface area contributed by atoms with Crippen LogP contribution in [0.3, 0.4) is 0 Å². The molecule has 0 aliphatic rings. The number of unbranched alkanes of at least 4 members (excludes halogenated alkanes) is 49. The van der Waals surface area contributed by atoms with Gasteiger partial charge in [-0.05, 0) is 38.5 Å². The maximum atomic E-state index is 13.0. The third-order valence-corrected chi connectivity index (χ3v) is 17.0. The largest absolute Gasteiger partial charge is 0.756 e. The average Bonchev–Trinajstić information content (AvgIpc) is 3.38. The fraction of sp³-hybridized carbons (Fsp3) is 0.955. The third-order valence-electron chi connectivity index (χ3n) is 16.0. The first-order valence-electron chi connectivity index (χ1n) is 34.0. The summed E-state index contributed by atoms with van der Waals surface area (Å²) in [6.07, 6.45) is 74.5. The Morgan fingerprint density at radius 3 is 1.03 bits per heavy atom. The first-order chi connectivity index (χ1) is 37.0. The van der Waals surface area contributed by atoms with Gasteiger partial charge in [0.1, 0.15) is 13.2 Å². The highest BCUT2D eigenvalue weighted by atomic mass is 31.2. The molecule has 0 bridgehead atoms. The van der Waals surface area contributed by atoms with Gasteiger partial charge in [0.05, 0.1) is 39.9 Å². The van der Waals surface area contributed by atoms with Crippen LogP contribution in [0.15, 0.2) is 12.2 Å². The Labute approximate surface area is 475 Å². The van der Waals surface area contributed by atoms with Crippen LogP contribution in [-0.4, -0.2) is 68.5 Å². The van der Waals surface area contributed by atoms with Crippen molar-refractivity contribution in [3.8, 4) is 0 Å². The van der Waals surface area contributed by atoms with Crippen molar-refractivity contribution in [1.29, 1.82) is 0 Å². The van der Waals surface area contributed by atoms with E-state index in [1.54, 1.807) is 0 Å². The Balaban J connectivity index is 3.77. The van der Waals surface area contributed by atoms with Gasteiger partial charge in [-0.2, -0.15) is 0 Å². The summed E-state index contributed by atoms with van der Waals surface area (Å²) in [6, 6.07) is -0.796. The molecular formula is C67H135N2O6P. The summed E-state index contributed by atoms with van der Waals surface area (Å²) in [5, 5.41) is 14.0. The van der Waals surface area contributed by atoms with E-state index in [2.05, 4.69) is 31.3 Å². The topological polar surface area (TPSA) is 108 Å². The van der Waals surface area contributed by atoms with E-state index in [-0.39, 0.29) is 19.1 Å². The highest BCUT2D eigenvalue weighted by molar-refractivity contribution is 7.45. The molecule has 3 unspecified atom stereocenters. The molecule has 1 amide bonds. The molecule has 0 aromatic heterocycles. The van der Waals surface area contributed by atoms with Crippen LogP contribution < -0.4 is 10.2 Å². The normalized spacial score (nSPS) is 13.7. The Hall–Kier alpha value is -0.760. The molecule has 0 saturated heterocycles. The molecule has 0 saturated carbocycles. The number of nitrogens with one attached hydrogen (secondary N) is 1. The summed E-state index contributed by atoms with van der Waals surface area (Å²) >= 11 is 0. The number of allylic oxidation sites excluding steroid dienone is 2. The van der Waals surface area contributed by atoms with Crippen molar-refractivity contribution in [3.63, 3.8) is 0 Å². The Morgan fingerprint density at radius 2 is 0.724 bits per heavy atom. The van der Waals surface area contributed by atoms with Crippen LogP contribution >= 0.6 is 7.82 Å². The summed E-state index contributed by atoms with van der Waals surface area (Å²) < 4.78 is 23.4. The highest BCUT2D eigenvalue weighted by Crippen LogP contribution is 2.38. The standard InChI is InChI=1S/C67H135N2O6P/c1-6-8-10-12-14-16-18-20-21-22-23-24-25-26-27-28-29-30-31-32-33-34-35-36-37-38-39-40-41-42-43-44-45-46-47-49-51-53-55-57-59-61-67(71)68-65(64-75-76(72,73)74-63-62-69(3,4)5)66(70)60-58-56-54-52-50-48-19-17-15-13-11-9-7-2/h22-23,65-66,70H,6-21,24-64H2,1-5H3,(H-,68,71,72,73)/b23-22-. The molecule has 8 nitrogen and oxygen atoms in total. The quantitative estimate of drug-likeness (QED) is 0.0272. The smallest absolute Gasteiger partial charge is 0.268 e. The van der Waals surface area contributed by atoms with Gasteiger partial charge in [0.2, 0.25) is 5.91 Å². The van der Waals surface area contributed by atoms with E-state index in [4.69, 9.17) is 9.05 Å². The Kier molecular flexibility index (Phi) is 58.3. The lowest BCUT2D eigenvalue weighted by Crippen LogP contribution is -2.46. The number of nitrogens with zero attached hydrogens (tertiary/aromatic N) is 1. The lowest BCUT2D eigenvalue weighted by atomic mass is 10.0. The van der Waals surface area contributed by atoms with Gasteiger partial charge < -0.3 is 28.8 Å². The molecule has 0 aromatic rings. The van der Waals surface area contributed by atoms with Crippen molar-refractivity contribution in [2.24, 2.45) is 0 Å². The second-order valence-electron chi connectivity index (χ2n) is 24.9. The number of aliphatic hydroxyl groups is 1. The van der Waals surface area contributed by atoms with Crippen molar-refractivity contribution < 1.29 is 32.9 Å². The lowest BCUT2D eigenvalue weighted by Gasteiger charge is -2.30. The van der Waals surface area contributed by atoms with E-state index in [1.807, 2.05) is 21.1 Å². The molecule has 0 heterocycles. The summed E-state index contributed by atoms with van der Waals surface area (Å²) in [7, 11) is 1.32. The molecule has 0 fully saturated rings. The van der Waals surface area contributed by atoms with Crippen LogP contribution in [0.2, 0.25) is 0 Å². The van der Waals surface area contributed by atoms with Crippen LogP contribution in [0.5, 0.6) is 0 Å². The molecule has 9 heteroatoms. The minimum Gasteiger partial charge on any atom is -0.756 e. The van der Waals surface area contributed by atoms with E-state index < -0.39 is 20.0 Å². The zero-order valence-electron chi connectivity index (χ0n) is 52.0. The molecule has 0 spiro atoms. The van der Waals surface area contributed by atoms with Crippen molar-refractivity contribution in [1.82, 2.24) is 5.32 Å². The number of aliphatic hydroxyl groups excluding tert-OH is 1. The first-order valence-corrected chi connectivity index (χ1v) is 35.5. The highest BCUT2D eigenvalue weighted by Gasteiger charge is 2.24. The molecule has 0 aliphatic carbocycles. The van der Waals surface area contributed by atoms with E-state index in [9.17, 15) is 19.4 Å². The molecule has 0 radical (unpaired) electrons. The number of amides is 1. The van der Waals surface area contributed by atoms with Crippen molar-refractivity contribution >= 4 is 13.7 Å². The number of carbonyl (C=O) groups is 1. The second kappa shape index (κ2) is 58.9. The molecular weight excluding hydrogens is 960 g/mol. The van der Waals surface area contributed by atoms with E-state index in [1.165, 1.54) is 295 Å². The molecule has 0 aromatic carbocycles. The molecule has 0 aliphatic heterocycles. The van der Waals surface area contributed by atoms with Crippen LogP contribution in [0.25, 0.3) is 0 Å². The van der Waals surface area contributed by atoms with E-state index in [0.29, 0.717) is 23.9 Å². The monoisotopic (exact) mass is 1100 g/mol. The number of phosphoric ester groups is 1. The number of quaternary nitrogens is 1. The van der Waals surface area contributed by atoms with Crippen molar-refractivity contribution in [3.05, 3.63) is 12.2 Å². The SMILES string of the molecule is CCCCCCCCCC/C=C\CCCCCCCCCCCCCCCCCCCCCCCCCCCCCCCC(=O)NC(COP(=O)([O-])OCC[N+](C)(C)C)C(O)CCCCCCCCCCCCCCC. The molecule has 454 valence electrons. The molecule has 0 rings (SSSR count). The lowest BCUT2D eigenvalue weighted by molar-refractivity contribution is -0.870. The zero-order chi connectivity index (χ0) is 55.6. The summed E-state index contributed by atoms with van der Waals surface area (Å²) in [5.74, 6) is -0.157. The van der Waals surface area contributed by atoms with Crippen LogP contribution in [0, 0.1) is 0 Å². The minimum absolute atomic E-state index is 0.0159. The number of phosphoric acid groups is 1. The van der Waals surface area contributed by atoms with Gasteiger partial charge in [-0.1, -0.05) is 328 Å². The van der Waals surface area contributed by atoms with Gasteiger partial charge in [-0.3, -0.25) is 9.36 Å². The third kappa shape index (κ3) is 60.9. The van der Waals surface area contributed by atoms with Gasteiger partial charge >= 0.3 is 0 Å². The average molecular weight is 1100 g/mol. The van der Waals surface area contributed by atoms with Crippen LogP contribution in [0.4, 0.5) is 0 Å². The van der Waals surface area contributed by atoms with Gasteiger partial charge in [0, 0.05) is 6.42 Å². The van der Waals surface area contributed by atoms with Gasteiger partial charge in [-0.15, -0.1) is 0 Å². The summed E-state index contributed by atoms with van der Waals surface area (Å²) in [5.41, 5.74) is 0. The fourth-order valence-corrected chi connectivity index (χ4v) is 11.4. The number of likely N-dealkylation sites (N-methyl/N-ethyl adjacent to an activating group) is 1. The fourth-order valence-electron chi connectivity index (χ4n) is 10.7. The van der Waals surface area contributed by atoms with Crippen molar-refractivity contribution in [2.75, 3.05) is 40.9 Å². The van der Waals surface area contributed by atoms with E-state index >= 15 is 0 Å². The number of carbonyl (C=O) groups excluding carboxylic acids is 1. The first kappa shape index (κ1) is 75.2. The van der Waals surface area contributed by atoms with Gasteiger partial charge in [0.25, 0.3) is 7.82 Å². The second-order valence-corrected chi connectivity index (χ2v) is 26.3. The minimum atomic E-state index is -4.57. The number of hydrogen-bond donors (Lipinski definition) is 2. The maximum Gasteiger partial charge on any atom is 0.268 e.